The maximum atomic E-state index is 12.9. The summed E-state index contributed by atoms with van der Waals surface area (Å²) in [6.45, 7) is 2.22. The Hall–Kier alpha value is -4.00. The number of carbonyl (C=O) groups excluding carboxylic acids is 2. The van der Waals surface area contributed by atoms with Crippen LogP contribution in [0.2, 0.25) is 0 Å². The molecule has 30 heavy (non-hydrogen) atoms. The zero-order valence-electron chi connectivity index (χ0n) is 16.7. The average Bonchev–Trinajstić information content (AvgIpc) is 2.75. The molecule has 0 fully saturated rings. The topological polar surface area (TPSA) is 85.9 Å². The van der Waals surface area contributed by atoms with Crippen LogP contribution in [0.4, 0.5) is 16.2 Å². The van der Waals surface area contributed by atoms with Gasteiger partial charge >= 0.3 is 6.09 Å². The molecule has 0 bridgehead atoms. The molecule has 7 nitrogen and oxygen atoms in total. The number of hydrogen-bond donors (Lipinski definition) is 2. The zero-order chi connectivity index (χ0) is 21.3. The number of carbonyl (C=O) groups is 2. The quantitative estimate of drug-likeness (QED) is 0.579. The Kier molecular flexibility index (Phi) is 6.89. The number of ether oxygens (including phenoxy) is 3. The van der Waals surface area contributed by atoms with E-state index in [4.69, 9.17) is 14.2 Å². The van der Waals surface area contributed by atoms with Gasteiger partial charge in [0.25, 0.3) is 5.91 Å². The van der Waals surface area contributed by atoms with Crippen molar-refractivity contribution < 1.29 is 23.8 Å². The average molecular weight is 406 g/mol. The number of hydrogen-bond acceptors (Lipinski definition) is 5. The van der Waals surface area contributed by atoms with Crippen LogP contribution in [-0.4, -0.2) is 25.7 Å². The third-order valence-electron chi connectivity index (χ3n) is 4.05. The minimum absolute atomic E-state index is 0.275. The number of nitrogens with one attached hydrogen (secondary N) is 2. The largest absolute Gasteiger partial charge is 0.497 e. The second kappa shape index (κ2) is 9.97. The van der Waals surface area contributed by atoms with Crippen molar-refractivity contribution in [3.8, 4) is 17.2 Å². The number of rotatable bonds is 7. The summed E-state index contributed by atoms with van der Waals surface area (Å²) in [5.74, 6) is 1.06. The number of benzene rings is 3. The highest BCUT2D eigenvalue weighted by Gasteiger charge is 2.16. The van der Waals surface area contributed by atoms with Crippen molar-refractivity contribution >= 4 is 23.4 Å². The molecule has 7 heteroatoms. The summed E-state index contributed by atoms with van der Waals surface area (Å²) in [4.78, 5) is 25.0. The third-order valence-corrected chi connectivity index (χ3v) is 4.05. The predicted molar refractivity (Wildman–Crippen MR) is 115 cm³/mol. The monoisotopic (exact) mass is 406 g/mol. The summed E-state index contributed by atoms with van der Waals surface area (Å²) in [6, 6.07) is 20.5. The number of para-hydroxylation sites is 1. The van der Waals surface area contributed by atoms with Crippen LogP contribution in [0.25, 0.3) is 0 Å². The zero-order valence-corrected chi connectivity index (χ0v) is 16.7. The third kappa shape index (κ3) is 5.51. The predicted octanol–water partition coefficient (Wildman–Crippen LogP) is 4.96. The second-order valence-corrected chi connectivity index (χ2v) is 6.16. The molecular formula is C23H22N2O5. The normalized spacial score (nSPS) is 10.1. The molecule has 0 aliphatic heterocycles. The van der Waals surface area contributed by atoms with Gasteiger partial charge in [0, 0.05) is 17.4 Å². The van der Waals surface area contributed by atoms with Gasteiger partial charge in [-0.25, -0.2) is 4.79 Å². The molecule has 3 aromatic carbocycles. The fraction of sp³-hybridized carbons (Fsp3) is 0.130. The van der Waals surface area contributed by atoms with E-state index in [0.717, 1.165) is 0 Å². The molecule has 0 saturated heterocycles. The van der Waals surface area contributed by atoms with E-state index < -0.39 is 6.09 Å². The lowest BCUT2D eigenvalue weighted by Crippen LogP contribution is -2.18. The fourth-order valence-electron chi connectivity index (χ4n) is 2.70. The van der Waals surface area contributed by atoms with Crippen LogP contribution in [-0.2, 0) is 0 Å². The molecule has 0 aromatic heterocycles. The minimum Gasteiger partial charge on any atom is -0.497 e. The van der Waals surface area contributed by atoms with Crippen molar-refractivity contribution in [2.24, 2.45) is 0 Å². The van der Waals surface area contributed by atoms with Gasteiger partial charge in [-0.05, 0) is 49.4 Å². The van der Waals surface area contributed by atoms with E-state index in [9.17, 15) is 9.59 Å². The second-order valence-electron chi connectivity index (χ2n) is 6.16. The Morgan fingerprint density at radius 2 is 1.57 bits per heavy atom. The van der Waals surface area contributed by atoms with E-state index in [1.165, 1.54) is 6.07 Å². The van der Waals surface area contributed by atoms with Crippen LogP contribution in [0.15, 0.2) is 72.8 Å². The fourth-order valence-corrected chi connectivity index (χ4v) is 2.70. The number of amides is 2. The summed E-state index contributed by atoms with van der Waals surface area (Å²) >= 11 is 0. The first-order valence-electron chi connectivity index (χ1n) is 9.35. The molecule has 2 amide bonds. The van der Waals surface area contributed by atoms with E-state index >= 15 is 0 Å². The van der Waals surface area contributed by atoms with Crippen molar-refractivity contribution in [2.45, 2.75) is 6.92 Å². The van der Waals surface area contributed by atoms with E-state index in [2.05, 4.69) is 10.6 Å². The lowest BCUT2D eigenvalue weighted by molar-refractivity contribution is 0.102. The molecule has 0 heterocycles. The summed E-state index contributed by atoms with van der Waals surface area (Å²) in [5.41, 5.74) is 1.25. The summed E-state index contributed by atoms with van der Waals surface area (Å²) < 4.78 is 16.0. The Balaban J connectivity index is 1.77. The van der Waals surface area contributed by atoms with Crippen LogP contribution in [0.1, 0.15) is 17.3 Å². The highest BCUT2D eigenvalue weighted by molar-refractivity contribution is 6.07. The van der Waals surface area contributed by atoms with Gasteiger partial charge in [-0.1, -0.05) is 24.3 Å². The van der Waals surface area contributed by atoms with Gasteiger partial charge in [0.15, 0.2) is 0 Å². The molecule has 0 unspecified atom stereocenters. The van der Waals surface area contributed by atoms with Gasteiger partial charge < -0.3 is 19.5 Å². The summed E-state index contributed by atoms with van der Waals surface area (Å²) in [7, 11) is 1.55. The molecule has 154 valence electrons. The Morgan fingerprint density at radius 1 is 0.833 bits per heavy atom. The lowest BCUT2D eigenvalue weighted by Gasteiger charge is -2.13. The van der Waals surface area contributed by atoms with Crippen LogP contribution >= 0.6 is 0 Å². The lowest BCUT2D eigenvalue weighted by atomic mass is 10.1. The van der Waals surface area contributed by atoms with Crippen LogP contribution < -0.4 is 24.8 Å². The molecule has 3 rings (SSSR count). The Bertz CT molecular complexity index is 1020. The first-order valence-corrected chi connectivity index (χ1v) is 9.35. The van der Waals surface area contributed by atoms with Gasteiger partial charge in [0.1, 0.15) is 17.2 Å². The molecule has 3 aromatic rings. The Morgan fingerprint density at radius 3 is 2.30 bits per heavy atom. The van der Waals surface area contributed by atoms with Crippen molar-refractivity contribution in [3.63, 3.8) is 0 Å². The standard InChI is InChI=1S/C23H22N2O5/c1-3-29-21-13-12-17(25-23(27)30-18-9-5-4-6-10-18)15-20(21)22(26)24-16-8-7-11-19(14-16)28-2/h4-15H,3H2,1-2H3,(H,24,26)(H,25,27). The molecule has 0 saturated carbocycles. The first-order chi connectivity index (χ1) is 14.6. The Labute approximate surface area is 174 Å². The number of anilines is 2. The molecule has 2 N–H and O–H groups in total. The highest BCUT2D eigenvalue weighted by atomic mass is 16.6. The van der Waals surface area contributed by atoms with Gasteiger partial charge in [-0.3, -0.25) is 10.1 Å². The van der Waals surface area contributed by atoms with Crippen molar-refractivity contribution in [2.75, 3.05) is 24.4 Å². The van der Waals surface area contributed by atoms with Crippen LogP contribution in [0.3, 0.4) is 0 Å². The van der Waals surface area contributed by atoms with Crippen molar-refractivity contribution in [1.82, 2.24) is 0 Å². The SMILES string of the molecule is CCOc1ccc(NC(=O)Oc2ccccc2)cc1C(=O)Nc1cccc(OC)c1. The highest BCUT2D eigenvalue weighted by Crippen LogP contribution is 2.25. The summed E-state index contributed by atoms with van der Waals surface area (Å²) in [6.07, 6.45) is -0.662. The van der Waals surface area contributed by atoms with Gasteiger partial charge in [-0.2, -0.15) is 0 Å². The van der Waals surface area contributed by atoms with Gasteiger partial charge in [0.2, 0.25) is 0 Å². The van der Waals surface area contributed by atoms with Gasteiger partial charge in [-0.15, -0.1) is 0 Å². The molecular weight excluding hydrogens is 384 g/mol. The van der Waals surface area contributed by atoms with E-state index in [1.807, 2.05) is 13.0 Å². The maximum absolute atomic E-state index is 12.9. The van der Waals surface area contributed by atoms with Crippen LogP contribution in [0.5, 0.6) is 17.2 Å². The molecule has 0 radical (unpaired) electrons. The van der Waals surface area contributed by atoms with E-state index in [-0.39, 0.29) is 11.5 Å². The molecule has 0 spiro atoms. The first kappa shape index (κ1) is 20.7. The van der Waals surface area contributed by atoms with Crippen molar-refractivity contribution in [1.29, 1.82) is 0 Å². The van der Waals surface area contributed by atoms with Crippen molar-refractivity contribution in [3.05, 3.63) is 78.4 Å². The van der Waals surface area contributed by atoms with Gasteiger partial charge in [0.05, 0.1) is 19.3 Å². The molecule has 0 atom stereocenters. The molecule has 0 aliphatic carbocycles. The van der Waals surface area contributed by atoms with E-state index in [0.29, 0.717) is 35.2 Å². The smallest absolute Gasteiger partial charge is 0.417 e. The maximum Gasteiger partial charge on any atom is 0.417 e. The number of methoxy groups -OCH3 is 1. The minimum atomic E-state index is -0.662. The van der Waals surface area contributed by atoms with Crippen LogP contribution in [0, 0.1) is 0 Å². The molecule has 0 aliphatic rings. The van der Waals surface area contributed by atoms with E-state index in [1.54, 1.807) is 67.8 Å². The summed E-state index contributed by atoms with van der Waals surface area (Å²) in [5, 5.41) is 5.43.